The van der Waals surface area contributed by atoms with Gasteiger partial charge in [-0.1, -0.05) is 6.92 Å². The van der Waals surface area contributed by atoms with Crippen LogP contribution in [0.2, 0.25) is 0 Å². The first-order valence-electron chi connectivity index (χ1n) is 6.72. The van der Waals surface area contributed by atoms with E-state index in [0.717, 1.165) is 6.54 Å². The van der Waals surface area contributed by atoms with Crippen molar-refractivity contribution in [2.24, 2.45) is 5.73 Å². The number of hydrogen-bond donors (Lipinski definition) is 1. The lowest BCUT2D eigenvalue weighted by atomic mass is 9.75. The van der Waals surface area contributed by atoms with Crippen LogP contribution in [-0.4, -0.2) is 55.6 Å². The van der Waals surface area contributed by atoms with Gasteiger partial charge in [0.1, 0.15) is 0 Å². The zero-order valence-electron chi connectivity index (χ0n) is 11.3. The predicted molar refractivity (Wildman–Crippen MR) is 70.7 cm³/mol. The second-order valence-corrected chi connectivity index (χ2v) is 5.56. The van der Waals surface area contributed by atoms with Gasteiger partial charge in [-0.25, -0.2) is 0 Å². The fourth-order valence-corrected chi connectivity index (χ4v) is 2.30. The molecule has 0 saturated heterocycles. The van der Waals surface area contributed by atoms with Crippen molar-refractivity contribution in [1.29, 1.82) is 0 Å². The van der Waals surface area contributed by atoms with E-state index in [2.05, 4.69) is 30.8 Å². The molecule has 0 unspecified atom stereocenters. The smallest absolute Gasteiger partial charge is 0.0166 e. The van der Waals surface area contributed by atoms with Crippen molar-refractivity contribution in [3.63, 3.8) is 0 Å². The number of hydrogen-bond acceptors (Lipinski definition) is 3. The van der Waals surface area contributed by atoms with E-state index in [1.807, 2.05) is 0 Å². The van der Waals surface area contributed by atoms with Crippen LogP contribution in [0.15, 0.2) is 0 Å². The Kier molecular flexibility index (Phi) is 5.73. The maximum absolute atomic E-state index is 6.25. The lowest BCUT2D eigenvalue weighted by Crippen LogP contribution is -2.48. The summed E-state index contributed by atoms with van der Waals surface area (Å²) in [4.78, 5) is 4.79. The highest BCUT2D eigenvalue weighted by molar-refractivity contribution is 4.92. The molecule has 2 N–H and O–H groups in total. The minimum Gasteiger partial charge on any atom is -0.325 e. The van der Waals surface area contributed by atoms with E-state index in [1.54, 1.807) is 0 Å². The molecule has 0 bridgehead atoms. The van der Waals surface area contributed by atoms with E-state index in [0.29, 0.717) is 0 Å². The summed E-state index contributed by atoms with van der Waals surface area (Å²) in [5.74, 6) is 0. The highest BCUT2D eigenvalue weighted by atomic mass is 15.1. The topological polar surface area (TPSA) is 32.5 Å². The molecule has 0 amide bonds. The molecule has 0 aliphatic heterocycles. The second-order valence-electron chi connectivity index (χ2n) is 5.56. The summed E-state index contributed by atoms with van der Waals surface area (Å²) in [6, 6.07) is 0. The Hall–Kier alpha value is -0.120. The van der Waals surface area contributed by atoms with Crippen LogP contribution in [-0.2, 0) is 0 Å². The van der Waals surface area contributed by atoms with Gasteiger partial charge in [0.05, 0.1) is 0 Å². The Labute approximate surface area is 101 Å². The minimum atomic E-state index is 0.189. The van der Waals surface area contributed by atoms with Gasteiger partial charge in [-0.15, -0.1) is 0 Å². The zero-order chi connectivity index (χ0) is 12.0. The standard InChI is InChI=1S/C13H29N3/c1-4-16(11-6-10-15(2)3)12-9-13(14)7-5-8-13/h4-12,14H2,1-3H3. The van der Waals surface area contributed by atoms with Crippen LogP contribution < -0.4 is 5.73 Å². The van der Waals surface area contributed by atoms with Crippen molar-refractivity contribution in [2.45, 2.75) is 44.6 Å². The number of nitrogens with zero attached hydrogens (tertiary/aromatic N) is 2. The molecule has 1 fully saturated rings. The van der Waals surface area contributed by atoms with Gasteiger partial charge in [-0.2, -0.15) is 0 Å². The molecular formula is C13H29N3. The van der Waals surface area contributed by atoms with Crippen molar-refractivity contribution in [1.82, 2.24) is 9.80 Å². The third kappa shape index (κ3) is 4.81. The lowest BCUT2D eigenvalue weighted by Gasteiger charge is -2.39. The molecule has 1 saturated carbocycles. The fourth-order valence-electron chi connectivity index (χ4n) is 2.30. The molecule has 0 aromatic rings. The highest BCUT2D eigenvalue weighted by Gasteiger charge is 2.32. The Morgan fingerprint density at radius 2 is 1.81 bits per heavy atom. The van der Waals surface area contributed by atoms with Crippen LogP contribution >= 0.6 is 0 Å². The zero-order valence-corrected chi connectivity index (χ0v) is 11.3. The molecule has 3 heteroatoms. The Balaban J connectivity index is 2.11. The fraction of sp³-hybridized carbons (Fsp3) is 1.00. The number of nitrogens with two attached hydrogens (primary N) is 1. The van der Waals surface area contributed by atoms with Crippen LogP contribution in [0.4, 0.5) is 0 Å². The normalized spacial score (nSPS) is 19.1. The van der Waals surface area contributed by atoms with Gasteiger partial charge in [-0.3, -0.25) is 0 Å². The quantitative estimate of drug-likeness (QED) is 0.682. The largest absolute Gasteiger partial charge is 0.325 e. The van der Waals surface area contributed by atoms with Crippen LogP contribution in [0.3, 0.4) is 0 Å². The predicted octanol–water partition coefficient (Wildman–Crippen LogP) is 1.53. The molecule has 0 atom stereocenters. The molecule has 96 valence electrons. The molecule has 1 aliphatic carbocycles. The van der Waals surface area contributed by atoms with Gasteiger partial charge in [0, 0.05) is 5.54 Å². The average Bonchev–Trinajstić information content (AvgIpc) is 2.20. The molecule has 3 nitrogen and oxygen atoms in total. The first kappa shape index (κ1) is 13.9. The highest BCUT2D eigenvalue weighted by Crippen LogP contribution is 2.32. The van der Waals surface area contributed by atoms with Crippen LogP contribution in [0.1, 0.15) is 39.0 Å². The third-order valence-corrected chi connectivity index (χ3v) is 3.80. The summed E-state index contributed by atoms with van der Waals surface area (Å²) in [5, 5.41) is 0. The van der Waals surface area contributed by atoms with E-state index in [9.17, 15) is 0 Å². The maximum Gasteiger partial charge on any atom is 0.0166 e. The molecule has 16 heavy (non-hydrogen) atoms. The van der Waals surface area contributed by atoms with Gasteiger partial charge >= 0.3 is 0 Å². The van der Waals surface area contributed by atoms with Crippen LogP contribution in [0, 0.1) is 0 Å². The monoisotopic (exact) mass is 227 g/mol. The summed E-state index contributed by atoms with van der Waals surface area (Å²) in [5.41, 5.74) is 6.44. The number of rotatable bonds is 8. The molecular weight excluding hydrogens is 198 g/mol. The molecule has 0 radical (unpaired) electrons. The average molecular weight is 227 g/mol. The van der Waals surface area contributed by atoms with E-state index < -0.39 is 0 Å². The maximum atomic E-state index is 6.25. The van der Waals surface area contributed by atoms with Gasteiger partial charge < -0.3 is 15.5 Å². The molecule has 0 spiro atoms. The summed E-state index contributed by atoms with van der Waals surface area (Å²) < 4.78 is 0. The van der Waals surface area contributed by atoms with E-state index in [-0.39, 0.29) is 5.54 Å². The van der Waals surface area contributed by atoms with E-state index in [4.69, 9.17) is 5.73 Å². The van der Waals surface area contributed by atoms with E-state index >= 15 is 0 Å². The summed E-state index contributed by atoms with van der Waals surface area (Å²) in [7, 11) is 4.28. The van der Waals surface area contributed by atoms with Gasteiger partial charge in [0.15, 0.2) is 0 Å². The SMILES string of the molecule is CCN(CCCN(C)C)CCC1(N)CCC1. The van der Waals surface area contributed by atoms with Crippen LogP contribution in [0.5, 0.6) is 0 Å². The third-order valence-electron chi connectivity index (χ3n) is 3.80. The van der Waals surface area contributed by atoms with Crippen molar-refractivity contribution >= 4 is 0 Å². The van der Waals surface area contributed by atoms with Gasteiger partial charge in [-0.05, 0) is 72.4 Å². The molecule has 1 aliphatic rings. The molecule has 1 rings (SSSR count). The first-order chi connectivity index (χ1) is 7.56. The molecule has 0 aromatic carbocycles. The van der Waals surface area contributed by atoms with Crippen molar-refractivity contribution < 1.29 is 0 Å². The van der Waals surface area contributed by atoms with Crippen molar-refractivity contribution in [2.75, 3.05) is 40.3 Å². The second kappa shape index (κ2) is 6.58. The Morgan fingerprint density at radius 1 is 1.12 bits per heavy atom. The van der Waals surface area contributed by atoms with Crippen LogP contribution in [0.25, 0.3) is 0 Å². The summed E-state index contributed by atoms with van der Waals surface area (Å²) in [6.45, 7) is 6.98. The minimum absolute atomic E-state index is 0.189. The lowest BCUT2D eigenvalue weighted by molar-refractivity contribution is 0.181. The summed E-state index contributed by atoms with van der Waals surface area (Å²) in [6.07, 6.45) is 6.26. The summed E-state index contributed by atoms with van der Waals surface area (Å²) >= 11 is 0. The van der Waals surface area contributed by atoms with Gasteiger partial charge in [0.2, 0.25) is 0 Å². The molecule has 0 aromatic heterocycles. The van der Waals surface area contributed by atoms with E-state index in [1.165, 1.54) is 51.7 Å². The first-order valence-corrected chi connectivity index (χ1v) is 6.72. The molecule has 0 heterocycles. The van der Waals surface area contributed by atoms with Crippen molar-refractivity contribution in [3.8, 4) is 0 Å². The Morgan fingerprint density at radius 3 is 2.25 bits per heavy atom. The Bertz CT molecular complexity index is 188. The van der Waals surface area contributed by atoms with Gasteiger partial charge in [0.25, 0.3) is 0 Å². The van der Waals surface area contributed by atoms with Crippen molar-refractivity contribution in [3.05, 3.63) is 0 Å².